The quantitative estimate of drug-likeness (QED) is 0.258. The Hall–Kier alpha value is -1.74. The Morgan fingerprint density at radius 1 is 1.23 bits per heavy atom. The van der Waals surface area contributed by atoms with E-state index in [1.165, 1.54) is 12.8 Å². The standard InChI is InChI=1S/C23H36O7.C4H11N/c1-4-13(2)23(29)30-20-11-17(25)9-15-6-5-14(3)19(22(15)20)8-7-16(24)10-18(26)12-21(27)28;1-2-3-4-5/h5-6,9,13-14,16-20,22,24-26H,4,7-8,10-12H2,1-3H3,(H,27,28);2-5H2,1H3/t13-,14-,16+,17+,18?,19-,20-,22-;/m0./s1. The number of fused-ring (bicyclic) bond motifs is 1. The van der Waals surface area contributed by atoms with Gasteiger partial charge in [-0.2, -0.15) is 0 Å². The number of esters is 1. The number of carbonyl (C=O) groups excluding carboxylic acids is 1. The number of rotatable bonds is 12. The normalized spacial score (nSPS) is 28.0. The summed E-state index contributed by atoms with van der Waals surface area (Å²) in [5.41, 5.74) is 6.10. The molecule has 0 saturated heterocycles. The molecule has 8 atom stereocenters. The number of unbranched alkanes of at least 4 members (excludes halogenated alkanes) is 1. The Morgan fingerprint density at radius 3 is 2.46 bits per heavy atom. The Balaban J connectivity index is 0.00000111. The van der Waals surface area contributed by atoms with Gasteiger partial charge < -0.3 is 30.9 Å². The maximum absolute atomic E-state index is 12.4. The van der Waals surface area contributed by atoms with Crippen LogP contribution in [0.4, 0.5) is 0 Å². The molecule has 0 aromatic rings. The number of carboxylic acid groups (broad SMARTS) is 1. The molecule has 8 heteroatoms. The predicted molar refractivity (Wildman–Crippen MR) is 135 cm³/mol. The van der Waals surface area contributed by atoms with E-state index in [0.717, 1.165) is 12.1 Å². The van der Waals surface area contributed by atoms with Gasteiger partial charge in [0, 0.05) is 12.3 Å². The first-order valence-corrected chi connectivity index (χ1v) is 13.1. The maximum atomic E-state index is 12.4. The Bertz CT molecular complexity index is 706. The predicted octanol–water partition coefficient (Wildman–Crippen LogP) is 3.19. The lowest BCUT2D eigenvalue weighted by molar-refractivity contribution is -0.159. The van der Waals surface area contributed by atoms with Crippen LogP contribution in [0, 0.1) is 23.7 Å². The summed E-state index contributed by atoms with van der Waals surface area (Å²) in [6, 6.07) is 0. The second-order valence-electron chi connectivity index (χ2n) is 10.0. The van der Waals surface area contributed by atoms with Gasteiger partial charge in [-0.05, 0) is 56.1 Å². The molecule has 2 aliphatic rings. The van der Waals surface area contributed by atoms with Crippen LogP contribution in [0.5, 0.6) is 0 Å². The van der Waals surface area contributed by atoms with Crippen molar-refractivity contribution in [3.05, 3.63) is 23.8 Å². The van der Waals surface area contributed by atoms with Crippen LogP contribution in [0.25, 0.3) is 0 Å². The van der Waals surface area contributed by atoms with Crippen molar-refractivity contribution in [1.29, 1.82) is 0 Å². The number of hydrogen-bond acceptors (Lipinski definition) is 7. The van der Waals surface area contributed by atoms with Gasteiger partial charge in [0.05, 0.1) is 30.7 Å². The van der Waals surface area contributed by atoms with E-state index in [9.17, 15) is 24.9 Å². The van der Waals surface area contributed by atoms with Crippen LogP contribution < -0.4 is 5.73 Å². The van der Waals surface area contributed by atoms with Gasteiger partial charge in [-0.1, -0.05) is 52.3 Å². The number of aliphatic carboxylic acids is 1. The molecule has 35 heavy (non-hydrogen) atoms. The van der Waals surface area contributed by atoms with Gasteiger partial charge in [-0.25, -0.2) is 0 Å². The van der Waals surface area contributed by atoms with Crippen molar-refractivity contribution < 1.29 is 34.8 Å². The van der Waals surface area contributed by atoms with Crippen molar-refractivity contribution in [2.75, 3.05) is 6.54 Å². The zero-order chi connectivity index (χ0) is 26.5. The fraction of sp³-hybridized carbons (Fsp3) is 0.778. The van der Waals surface area contributed by atoms with Crippen LogP contribution in [0.3, 0.4) is 0 Å². The molecule has 0 saturated carbocycles. The molecule has 2 aliphatic carbocycles. The summed E-state index contributed by atoms with van der Waals surface area (Å²) in [6.45, 7) is 8.82. The van der Waals surface area contributed by atoms with Gasteiger partial charge >= 0.3 is 11.9 Å². The van der Waals surface area contributed by atoms with Crippen LogP contribution in [0.1, 0.15) is 79.1 Å². The molecule has 202 valence electrons. The van der Waals surface area contributed by atoms with E-state index in [-0.39, 0.29) is 42.5 Å². The summed E-state index contributed by atoms with van der Waals surface area (Å²) < 4.78 is 5.84. The minimum Gasteiger partial charge on any atom is -0.481 e. The van der Waals surface area contributed by atoms with Gasteiger partial charge in [-0.3, -0.25) is 9.59 Å². The second-order valence-corrected chi connectivity index (χ2v) is 10.0. The number of carbonyl (C=O) groups is 2. The Morgan fingerprint density at radius 2 is 1.91 bits per heavy atom. The first-order chi connectivity index (χ1) is 16.5. The van der Waals surface area contributed by atoms with Crippen molar-refractivity contribution in [3.8, 4) is 0 Å². The minimum absolute atomic E-state index is 0.0156. The third-order valence-corrected chi connectivity index (χ3v) is 7.00. The summed E-state index contributed by atoms with van der Waals surface area (Å²) >= 11 is 0. The van der Waals surface area contributed by atoms with Crippen molar-refractivity contribution in [3.63, 3.8) is 0 Å². The fourth-order valence-corrected chi connectivity index (χ4v) is 4.72. The largest absolute Gasteiger partial charge is 0.481 e. The van der Waals surface area contributed by atoms with E-state index in [0.29, 0.717) is 25.7 Å². The molecule has 0 radical (unpaired) electrons. The number of ether oxygens (including phenoxy) is 1. The smallest absolute Gasteiger partial charge is 0.308 e. The van der Waals surface area contributed by atoms with E-state index < -0.39 is 30.4 Å². The number of nitrogens with two attached hydrogens (primary N) is 1. The van der Waals surface area contributed by atoms with Gasteiger partial charge in [0.1, 0.15) is 6.10 Å². The highest BCUT2D eigenvalue weighted by molar-refractivity contribution is 5.72. The molecule has 0 aromatic heterocycles. The topological polar surface area (TPSA) is 150 Å². The zero-order valence-corrected chi connectivity index (χ0v) is 21.8. The number of hydrogen-bond donors (Lipinski definition) is 5. The SMILES string of the molecule is CCCCN.CC[C@H](C)C(=O)O[C@H]1C[C@H](O)C=C2C=C[C@H](C)[C@H](CC[C@@H](O)CC(O)CC(=O)O)[C@H]21. The molecule has 0 bridgehead atoms. The van der Waals surface area contributed by atoms with Crippen LogP contribution in [-0.2, 0) is 14.3 Å². The average molecular weight is 498 g/mol. The third kappa shape index (κ3) is 10.8. The van der Waals surface area contributed by atoms with Crippen molar-refractivity contribution >= 4 is 11.9 Å². The molecular formula is C27H47NO7. The second kappa shape index (κ2) is 16.1. The fourth-order valence-electron chi connectivity index (χ4n) is 4.72. The van der Waals surface area contributed by atoms with E-state index in [1.807, 2.05) is 26.0 Å². The van der Waals surface area contributed by atoms with Crippen LogP contribution >= 0.6 is 0 Å². The Labute approximate surface area is 210 Å². The zero-order valence-electron chi connectivity index (χ0n) is 21.8. The molecule has 2 rings (SSSR count). The highest BCUT2D eigenvalue weighted by atomic mass is 16.5. The number of aliphatic hydroxyl groups excluding tert-OH is 3. The van der Waals surface area contributed by atoms with Crippen molar-refractivity contribution in [1.82, 2.24) is 0 Å². The Kier molecular flexibility index (Phi) is 14.4. The summed E-state index contributed by atoms with van der Waals surface area (Å²) in [5, 5.41) is 39.1. The van der Waals surface area contributed by atoms with Gasteiger partial charge in [0.25, 0.3) is 0 Å². The molecule has 1 unspecified atom stereocenters. The van der Waals surface area contributed by atoms with Gasteiger partial charge in [0.15, 0.2) is 0 Å². The molecule has 0 heterocycles. The minimum atomic E-state index is -1.10. The van der Waals surface area contributed by atoms with Gasteiger partial charge in [0.2, 0.25) is 0 Å². The first kappa shape index (κ1) is 31.3. The summed E-state index contributed by atoms with van der Waals surface area (Å²) in [4.78, 5) is 23.1. The monoisotopic (exact) mass is 497 g/mol. The van der Waals surface area contributed by atoms with Crippen molar-refractivity contribution in [2.24, 2.45) is 29.4 Å². The third-order valence-electron chi connectivity index (χ3n) is 7.00. The van der Waals surface area contributed by atoms with Crippen LogP contribution in [-0.4, -0.2) is 63.3 Å². The van der Waals surface area contributed by atoms with Crippen molar-refractivity contribution in [2.45, 2.75) is 103 Å². The van der Waals surface area contributed by atoms with E-state index in [4.69, 9.17) is 15.6 Å². The molecule has 0 aliphatic heterocycles. The van der Waals surface area contributed by atoms with Gasteiger partial charge in [-0.15, -0.1) is 0 Å². The highest BCUT2D eigenvalue weighted by Crippen LogP contribution is 2.44. The summed E-state index contributed by atoms with van der Waals surface area (Å²) in [5.74, 6) is -1.31. The highest BCUT2D eigenvalue weighted by Gasteiger charge is 2.42. The van der Waals surface area contributed by atoms with Crippen LogP contribution in [0.2, 0.25) is 0 Å². The summed E-state index contributed by atoms with van der Waals surface area (Å²) in [7, 11) is 0. The van der Waals surface area contributed by atoms with Crippen LogP contribution in [0.15, 0.2) is 23.8 Å². The molecule has 0 aromatic carbocycles. The van der Waals surface area contributed by atoms with E-state index >= 15 is 0 Å². The van der Waals surface area contributed by atoms with E-state index in [2.05, 4.69) is 19.9 Å². The average Bonchev–Trinajstić information content (AvgIpc) is 2.78. The molecule has 0 spiro atoms. The lowest BCUT2D eigenvalue weighted by atomic mass is 9.66. The molecular weight excluding hydrogens is 450 g/mol. The molecule has 0 amide bonds. The number of carboxylic acids is 1. The molecule has 6 N–H and O–H groups in total. The molecule has 0 fully saturated rings. The summed E-state index contributed by atoms with van der Waals surface area (Å²) in [6.07, 6.45) is 7.02. The maximum Gasteiger partial charge on any atom is 0.308 e. The van der Waals surface area contributed by atoms with E-state index in [1.54, 1.807) is 0 Å². The first-order valence-electron chi connectivity index (χ1n) is 13.1. The molecule has 8 nitrogen and oxygen atoms in total. The lowest BCUT2D eigenvalue weighted by Gasteiger charge is -2.43. The number of aliphatic hydroxyl groups is 3. The number of allylic oxidation sites excluding steroid dienone is 2. The lowest BCUT2D eigenvalue weighted by Crippen LogP contribution is -2.43.